The summed E-state index contributed by atoms with van der Waals surface area (Å²) in [6, 6.07) is 24.1. The Morgan fingerprint density at radius 2 is 1.54 bits per heavy atom. The quantitative estimate of drug-likeness (QED) is 0.317. The standard InChI is InChI=1S/C30H32N2O4.Na/c1-3-5-25(21-30(33)34)24-8-12-29(13-9-24)36-22-23-6-4-7-27(20-23)32-18-16-31(17-19-32)26-10-14-28(35-2)15-11-26;/h4,6-15,20,25H,16-19,21-22H2,1-2H3,(H,33,34);/q;+1/p-1. The predicted molar refractivity (Wildman–Crippen MR) is 140 cm³/mol. The summed E-state index contributed by atoms with van der Waals surface area (Å²) < 4.78 is 11.3. The van der Waals surface area contributed by atoms with Crippen molar-refractivity contribution in [2.75, 3.05) is 43.1 Å². The Hall–Kier alpha value is -3.11. The van der Waals surface area contributed by atoms with Crippen LogP contribution in [0.25, 0.3) is 0 Å². The molecule has 7 heteroatoms. The summed E-state index contributed by atoms with van der Waals surface area (Å²) in [7, 11) is 1.68. The molecule has 1 unspecified atom stereocenters. The van der Waals surface area contributed by atoms with Gasteiger partial charge >= 0.3 is 29.6 Å². The van der Waals surface area contributed by atoms with Crippen molar-refractivity contribution in [2.45, 2.75) is 25.9 Å². The van der Waals surface area contributed by atoms with Crippen LogP contribution in [0.4, 0.5) is 11.4 Å². The van der Waals surface area contributed by atoms with Gasteiger partial charge in [-0.2, -0.15) is 0 Å². The van der Waals surface area contributed by atoms with Gasteiger partial charge in [0.05, 0.1) is 13.0 Å². The van der Waals surface area contributed by atoms with Crippen LogP contribution >= 0.6 is 0 Å². The Balaban J connectivity index is 0.00000380. The minimum absolute atomic E-state index is 0. The average Bonchev–Trinajstić information content (AvgIpc) is 2.92. The van der Waals surface area contributed by atoms with Gasteiger partial charge < -0.3 is 29.2 Å². The van der Waals surface area contributed by atoms with Gasteiger partial charge in [-0.1, -0.05) is 30.2 Å². The maximum absolute atomic E-state index is 11.0. The number of hydrogen-bond donors (Lipinski definition) is 0. The third-order valence-corrected chi connectivity index (χ3v) is 6.37. The molecule has 1 heterocycles. The van der Waals surface area contributed by atoms with E-state index in [1.54, 1.807) is 14.0 Å². The van der Waals surface area contributed by atoms with Crippen LogP contribution in [0.2, 0.25) is 0 Å². The third kappa shape index (κ3) is 7.93. The first-order chi connectivity index (χ1) is 17.6. The molecule has 4 rings (SSSR count). The van der Waals surface area contributed by atoms with Gasteiger partial charge in [0.2, 0.25) is 0 Å². The van der Waals surface area contributed by atoms with Crippen LogP contribution in [0.3, 0.4) is 0 Å². The van der Waals surface area contributed by atoms with Gasteiger partial charge in [0.15, 0.2) is 0 Å². The van der Waals surface area contributed by atoms with Crippen molar-refractivity contribution in [1.82, 2.24) is 0 Å². The van der Waals surface area contributed by atoms with Crippen molar-refractivity contribution in [2.24, 2.45) is 0 Å². The summed E-state index contributed by atoms with van der Waals surface area (Å²) in [5.41, 5.74) is 4.36. The predicted octanol–water partition coefficient (Wildman–Crippen LogP) is 0.852. The SMILES string of the molecule is CC#CC(CC(=O)[O-])c1ccc(OCc2cccc(N3CCN(c4ccc(OC)cc4)CC3)c2)cc1.[Na+]. The molecule has 1 saturated heterocycles. The van der Waals surface area contributed by atoms with E-state index >= 15 is 0 Å². The van der Waals surface area contributed by atoms with Crippen molar-refractivity contribution in [3.8, 4) is 23.3 Å². The van der Waals surface area contributed by atoms with Crippen LogP contribution in [0.15, 0.2) is 72.8 Å². The van der Waals surface area contributed by atoms with E-state index in [0.29, 0.717) is 6.61 Å². The maximum Gasteiger partial charge on any atom is 1.00 e. The number of aliphatic carboxylic acids is 1. The second-order valence-corrected chi connectivity index (χ2v) is 8.72. The van der Waals surface area contributed by atoms with Gasteiger partial charge in [0, 0.05) is 49.9 Å². The first kappa shape index (κ1) is 28.5. The monoisotopic (exact) mass is 506 g/mol. The van der Waals surface area contributed by atoms with Crippen LogP contribution in [0.5, 0.6) is 11.5 Å². The number of carboxylic acids is 1. The van der Waals surface area contributed by atoms with Gasteiger partial charge in [-0.15, -0.1) is 5.92 Å². The fourth-order valence-corrected chi connectivity index (χ4v) is 4.41. The van der Waals surface area contributed by atoms with Gasteiger partial charge in [0.1, 0.15) is 18.1 Å². The number of piperazine rings is 1. The zero-order chi connectivity index (χ0) is 25.3. The molecule has 0 radical (unpaired) electrons. The van der Waals surface area contributed by atoms with E-state index in [1.165, 1.54) is 11.4 Å². The molecule has 0 bridgehead atoms. The number of methoxy groups -OCH3 is 1. The first-order valence-electron chi connectivity index (χ1n) is 12.1. The number of anilines is 2. The molecular formula is C30H31N2NaO4. The van der Waals surface area contributed by atoms with Crippen LogP contribution < -0.4 is 53.9 Å². The van der Waals surface area contributed by atoms with E-state index in [1.807, 2.05) is 36.4 Å². The summed E-state index contributed by atoms with van der Waals surface area (Å²) in [6.07, 6.45) is -0.123. The Morgan fingerprint density at radius 3 is 2.14 bits per heavy atom. The number of nitrogens with zero attached hydrogens (tertiary/aromatic N) is 2. The number of benzene rings is 3. The molecule has 1 aliphatic rings. The van der Waals surface area contributed by atoms with Gasteiger partial charge in [-0.25, -0.2) is 0 Å². The average molecular weight is 507 g/mol. The van der Waals surface area contributed by atoms with Crippen molar-refractivity contribution in [3.63, 3.8) is 0 Å². The van der Waals surface area contributed by atoms with Gasteiger partial charge in [0.25, 0.3) is 0 Å². The fourth-order valence-electron chi connectivity index (χ4n) is 4.41. The maximum atomic E-state index is 11.0. The fraction of sp³-hybridized carbons (Fsp3) is 0.300. The number of rotatable bonds is 9. The second-order valence-electron chi connectivity index (χ2n) is 8.72. The van der Waals surface area contributed by atoms with Crippen LogP contribution in [-0.4, -0.2) is 39.3 Å². The molecule has 186 valence electrons. The summed E-state index contributed by atoms with van der Waals surface area (Å²) in [5, 5.41) is 11.0. The Morgan fingerprint density at radius 1 is 0.919 bits per heavy atom. The molecule has 3 aromatic rings. The number of hydrogen-bond acceptors (Lipinski definition) is 6. The van der Waals surface area contributed by atoms with Crippen LogP contribution in [0.1, 0.15) is 30.4 Å². The number of ether oxygens (including phenoxy) is 2. The molecule has 0 spiro atoms. The topological polar surface area (TPSA) is 65.1 Å². The largest absolute Gasteiger partial charge is 1.00 e. The number of carboxylic acid groups (broad SMARTS) is 1. The summed E-state index contributed by atoms with van der Waals surface area (Å²) in [5.74, 6) is 5.85. The smallest absolute Gasteiger partial charge is 0.550 e. The Kier molecular flexibility index (Phi) is 10.8. The summed E-state index contributed by atoms with van der Waals surface area (Å²) >= 11 is 0. The third-order valence-electron chi connectivity index (χ3n) is 6.37. The van der Waals surface area contributed by atoms with Crippen molar-refractivity contribution in [3.05, 3.63) is 83.9 Å². The van der Waals surface area contributed by atoms with E-state index < -0.39 is 5.97 Å². The first-order valence-corrected chi connectivity index (χ1v) is 12.1. The molecule has 0 saturated carbocycles. The Bertz CT molecular complexity index is 1210. The van der Waals surface area contributed by atoms with Crippen molar-refractivity contribution in [1.29, 1.82) is 0 Å². The zero-order valence-electron chi connectivity index (χ0n) is 21.8. The minimum atomic E-state index is -1.11. The summed E-state index contributed by atoms with van der Waals surface area (Å²) in [6.45, 7) is 5.98. The van der Waals surface area contributed by atoms with E-state index in [0.717, 1.165) is 48.8 Å². The Labute approximate surface area is 241 Å². The summed E-state index contributed by atoms with van der Waals surface area (Å²) in [4.78, 5) is 15.8. The molecule has 1 fully saturated rings. The molecule has 0 amide bonds. The molecule has 1 atom stereocenters. The number of carbonyl (C=O) groups excluding carboxylic acids is 1. The molecule has 0 aliphatic carbocycles. The van der Waals surface area contributed by atoms with E-state index in [2.05, 4.69) is 58.0 Å². The normalized spacial score (nSPS) is 13.6. The van der Waals surface area contributed by atoms with E-state index in [9.17, 15) is 9.90 Å². The van der Waals surface area contributed by atoms with Crippen molar-refractivity contribution < 1.29 is 48.9 Å². The molecule has 0 N–H and O–H groups in total. The van der Waals surface area contributed by atoms with Gasteiger partial charge in [-0.3, -0.25) is 0 Å². The second kappa shape index (κ2) is 14.0. The molecule has 3 aromatic carbocycles. The number of carbonyl (C=O) groups is 1. The molecule has 1 aliphatic heterocycles. The van der Waals surface area contributed by atoms with E-state index in [4.69, 9.17) is 9.47 Å². The van der Waals surface area contributed by atoms with E-state index in [-0.39, 0.29) is 41.9 Å². The molecular weight excluding hydrogens is 475 g/mol. The van der Waals surface area contributed by atoms with Crippen molar-refractivity contribution >= 4 is 17.3 Å². The zero-order valence-corrected chi connectivity index (χ0v) is 23.8. The van der Waals surface area contributed by atoms with Crippen LogP contribution in [0, 0.1) is 11.8 Å². The van der Waals surface area contributed by atoms with Gasteiger partial charge in [-0.05, 0) is 66.6 Å². The van der Waals surface area contributed by atoms with Crippen LogP contribution in [-0.2, 0) is 11.4 Å². The molecule has 0 aromatic heterocycles. The minimum Gasteiger partial charge on any atom is -0.550 e. The molecule has 6 nitrogen and oxygen atoms in total. The molecule has 37 heavy (non-hydrogen) atoms.